The largest absolute Gasteiger partial charge is 0.451 e. The van der Waals surface area contributed by atoms with Gasteiger partial charge in [-0.3, -0.25) is 9.69 Å². The molecule has 0 radical (unpaired) electrons. The molecule has 4 aromatic rings. The molecule has 4 heterocycles. The second-order valence-electron chi connectivity index (χ2n) is 8.75. The van der Waals surface area contributed by atoms with Crippen LogP contribution in [-0.2, 0) is 17.5 Å². The summed E-state index contributed by atoms with van der Waals surface area (Å²) in [5, 5.41) is 5.65. The Morgan fingerprint density at radius 3 is 2.41 bits per heavy atom. The van der Waals surface area contributed by atoms with E-state index in [2.05, 4.69) is 25.4 Å². The van der Waals surface area contributed by atoms with Crippen molar-refractivity contribution in [1.82, 2.24) is 29.6 Å². The third-order valence-corrected chi connectivity index (χ3v) is 6.02. The molecule has 1 saturated heterocycles. The van der Waals surface area contributed by atoms with Crippen molar-refractivity contribution < 1.29 is 36.2 Å². The molecule has 0 spiro atoms. The van der Waals surface area contributed by atoms with E-state index < -0.39 is 52.4 Å². The number of amides is 1. The van der Waals surface area contributed by atoms with Crippen molar-refractivity contribution in [3.05, 3.63) is 77.5 Å². The number of rotatable bonds is 7. The standard InChI is InChI=1S/C25H21F5N8O3/c26-17-10-14(36-23(39)15-12-35-38(21(15)25(28,29)30)24-33-3-1-4-34-24)11-18(27)20(17)41-19-2-5-32-22(31)16(19)13-37-6-8-40-9-7-37/h1-5,10-12H,6-9,13H2,(H2,31,32)(H,36,39). The van der Waals surface area contributed by atoms with Gasteiger partial charge >= 0.3 is 6.18 Å². The van der Waals surface area contributed by atoms with Crippen LogP contribution in [0.4, 0.5) is 33.5 Å². The Bertz CT molecular complexity index is 1540. The smallest absolute Gasteiger partial charge is 0.434 e. The summed E-state index contributed by atoms with van der Waals surface area (Å²) in [5.74, 6) is -4.83. The van der Waals surface area contributed by atoms with Crippen LogP contribution in [0.1, 0.15) is 21.6 Å². The van der Waals surface area contributed by atoms with Gasteiger partial charge in [-0.05, 0) is 12.1 Å². The molecule has 0 aliphatic carbocycles. The highest BCUT2D eigenvalue weighted by molar-refractivity contribution is 6.05. The van der Waals surface area contributed by atoms with Gasteiger partial charge in [-0.25, -0.2) is 23.7 Å². The van der Waals surface area contributed by atoms with Crippen molar-refractivity contribution in [2.24, 2.45) is 0 Å². The maximum atomic E-state index is 15.0. The number of halogens is 5. The van der Waals surface area contributed by atoms with E-state index in [0.717, 1.165) is 0 Å². The maximum Gasteiger partial charge on any atom is 0.434 e. The number of nitrogens with one attached hydrogen (secondary N) is 1. The quantitative estimate of drug-likeness (QED) is 0.315. The van der Waals surface area contributed by atoms with E-state index in [1.54, 1.807) is 0 Å². The van der Waals surface area contributed by atoms with E-state index in [4.69, 9.17) is 15.2 Å². The lowest BCUT2D eigenvalue weighted by atomic mass is 10.2. The van der Waals surface area contributed by atoms with Gasteiger partial charge in [0.25, 0.3) is 11.9 Å². The Morgan fingerprint density at radius 1 is 1.07 bits per heavy atom. The monoisotopic (exact) mass is 576 g/mol. The molecule has 1 fully saturated rings. The number of nitrogen functional groups attached to an aromatic ring is 1. The normalized spacial score (nSPS) is 14.2. The molecular formula is C25H21F5N8O3. The summed E-state index contributed by atoms with van der Waals surface area (Å²) in [7, 11) is 0. The van der Waals surface area contributed by atoms with E-state index in [1.165, 1.54) is 30.7 Å². The number of benzene rings is 1. The number of hydrogen-bond donors (Lipinski definition) is 2. The van der Waals surface area contributed by atoms with Gasteiger partial charge < -0.3 is 20.5 Å². The summed E-state index contributed by atoms with van der Waals surface area (Å²) in [4.78, 5) is 26.2. The number of nitrogens with two attached hydrogens (primary N) is 1. The Morgan fingerprint density at radius 2 is 1.76 bits per heavy atom. The average molecular weight is 576 g/mol. The van der Waals surface area contributed by atoms with Crippen LogP contribution in [0.2, 0.25) is 0 Å². The van der Waals surface area contributed by atoms with Gasteiger partial charge in [-0.15, -0.1) is 0 Å². The lowest BCUT2D eigenvalue weighted by molar-refractivity contribution is -0.143. The summed E-state index contributed by atoms with van der Waals surface area (Å²) >= 11 is 0. The first-order valence-electron chi connectivity index (χ1n) is 12.1. The van der Waals surface area contributed by atoms with Gasteiger partial charge in [0.1, 0.15) is 11.6 Å². The number of morpholine rings is 1. The minimum atomic E-state index is -5.04. The number of ether oxygens (including phenoxy) is 2. The third kappa shape index (κ3) is 6.07. The predicted octanol–water partition coefficient (Wildman–Crippen LogP) is 3.81. The van der Waals surface area contributed by atoms with Crippen molar-refractivity contribution in [1.29, 1.82) is 0 Å². The highest BCUT2D eigenvalue weighted by atomic mass is 19.4. The Balaban J connectivity index is 1.39. The van der Waals surface area contributed by atoms with Crippen LogP contribution in [0.3, 0.4) is 0 Å². The van der Waals surface area contributed by atoms with Crippen molar-refractivity contribution in [3.63, 3.8) is 0 Å². The van der Waals surface area contributed by atoms with Crippen LogP contribution < -0.4 is 15.8 Å². The van der Waals surface area contributed by atoms with Crippen LogP contribution in [0, 0.1) is 11.6 Å². The molecule has 0 unspecified atom stereocenters. The van der Waals surface area contributed by atoms with E-state index in [1.807, 2.05) is 4.90 Å². The summed E-state index contributed by atoms with van der Waals surface area (Å²) < 4.78 is 82.9. The van der Waals surface area contributed by atoms with Gasteiger partial charge in [-0.1, -0.05) is 0 Å². The molecule has 41 heavy (non-hydrogen) atoms. The summed E-state index contributed by atoms with van der Waals surface area (Å²) in [6, 6.07) is 4.20. The number of carbonyl (C=O) groups is 1. The minimum absolute atomic E-state index is 0.0592. The molecule has 3 aromatic heterocycles. The fourth-order valence-corrected chi connectivity index (χ4v) is 4.10. The number of pyridine rings is 1. The lowest BCUT2D eigenvalue weighted by Crippen LogP contribution is -2.36. The van der Waals surface area contributed by atoms with Crippen molar-refractivity contribution >= 4 is 17.4 Å². The zero-order valence-corrected chi connectivity index (χ0v) is 21.0. The molecule has 0 saturated carbocycles. The summed E-state index contributed by atoms with van der Waals surface area (Å²) in [6.45, 7) is 2.53. The Kier molecular flexibility index (Phi) is 7.76. The SMILES string of the molecule is Nc1nccc(Oc2c(F)cc(NC(=O)c3cnn(-c4ncccn4)c3C(F)(F)F)cc2F)c1CN1CCOCC1. The highest BCUT2D eigenvalue weighted by Gasteiger charge is 2.41. The molecule has 1 aliphatic heterocycles. The molecule has 1 aromatic carbocycles. The van der Waals surface area contributed by atoms with E-state index in [0.29, 0.717) is 61.4 Å². The Hall–Kier alpha value is -4.70. The van der Waals surface area contributed by atoms with Crippen molar-refractivity contribution in [2.45, 2.75) is 12.7 Å². The number of hydrogen-bond acceptors (Lipinski definition) is 9. The van der Waals surface area contributed by atoms with Crippen LogP contribution in [0.15, 0.2) is 49.1 Å². The molecule has 16 heteroatoms. The Labute approximate surface area is 228 Å². The lowest BCUT2D eigenvalue weighted by Gasteiger charge is -2.27. The topological polar surface area (TPSA) is 133 Å². The summed E-state index contributed by atoms with van der Waals surface area (Å²) in [5.41, 5.74) is 3.57. The first-order chi connectivity index (χ1) is 19.6. The van der Waals surface area contributed by atoms with Crippen LogP contribution in [0.5, 0.6) is 11.5 Å². The van der Waals surface area contributed by atoms with Gasteiger partial charge in [0.15, 0.2) is 23.1 Å². The van der Waals surface area contributed by atoms with E-state index in [9.17, 15) is 18.0 Å². The molecule has 1 amide bonds. The second-order valence-corrected chi connectivity index (χ2v) is 8.75. The molecule has 0 atom stereocenters. The van der Waals surface area contributed by atoms with Gasteiger partial charge in [0.2, 0.25) is 0 Å². The number of nitrogens with zero attached hydrogens (tertiary/aromatic N) is 6. The predicted molar refractivity (Wildman–Crippen MR) is 133 cm³/mol. The number of anilines is 2. The molecule has 0 bridgehead atoms. The van der Waals surface area contributed by atoms with E-state index in [-0.39, 0.29) is 11.6 Å². The molecular weight excluding hydrogens is 555 g/mol. The van der Waals surface area contributed by atoms with Crippen LogP contribution >= 0.6 is 0 Å². The fourth-order valence-electron chi connectivity index (χ4n) is 4.10. The first-order valence-corrected chi connectivity index (χ1v) is 12.1. The molecule has 214 valence electrons. The molecule has 11 nitrogen and oxygen atoms in total. The maximum absolute atomic E-state index is 15.0. The van der Waals surface area contributed by atoms with Gasteiger partial charge in [0, 0.05) is 56.0 Å². The third-order valence-electron chi connectivity index (χ3n) is 6.02. The molecule has 3 N–H and O–H groups in total. The average Bonchev–Trinajstić information content (AvgIpc) is 3.40. The van der Waals surface area contributed by atoms with Gasteiger partial charge in [0.05, 0.1) is 30.5 Å². The number of alkyl halides is 3. The molecule has 1 aliphatic rings. The van der Waals surface area contributed by atoms with Crippen LogP contribution in [-0.4, -0.2) is 61.8 Å². The van der Waals surface area contributed by atoms with Gasteiger partial charge in [-0.2, -0.15) is 23.0 Å². The van der Waals surface area contributed by atoms with Crippen molar-refractivity contribution in [2.75, 3.05) is 37.4 Å². The molecule has 5 rings (SSSR count). The van der Waals surface area contributed by atoms with E-state index >= 15 is 8.78 Å². The summed E-state index contributed by atoms with van der Waals surface area (Å²) in [6.07, 6.45) is -0.670. The first kappa shape index (κ1) is 27.9. The fraction of sp³-hybridized carbons (Fsp3) is 0.240. The number of carbonyl (C=O) groups excluding carboxylic acids is 1. The number of aromatic nitrogens is 5. The second kappa shape index (κ2) is 11.4. The van der Waals surface area contributed by atoms with Crippen molar-refractivity contribution in [3.8, 4) is 17.4 Å². The highest BCUT2D eigenvalue weighted by Crippen LogP contribution is 2.36. The van der Waals surface area contributed by atoms with Crippen LogP contribution in [0.25, 0.3) is 5.95 Å². The zero-order valence-electron chi connectivity index (χ0n) is 21.0. The minimum Gasteiger partial charge on any atom is -0.451 e. The zero-order chi connectivity index (χ0) is 29.1.